The quantitative estimate of drug-likeness (QED) is 0.891. The van der Waals surface area contributed by atoms with E-state index in [1.807, 2.05) is 0 Å². The first-order valence-corrected chi connectivity index (χ1v) is 6.82. The molecule has 0 saturated heterocycles. The number of nitrogens with one attached hydrogen (secondary N) is 1. The van der Waals surface area contributed by atoms with Gasteiger partial charge >= 0.3 is 0 Å². The molecule has 0 saturated carbocycles. The molecule has 1 aromatic rings. The largest absolute Gasteiger partial charge is 0.394 e. The van der Waals surface area contributed by atoms with Crippen LogP contribution < -0.4 is 5.32 Å². The van der Waals surface area contributed by atoms with Gasteiger partial charge in [0.2, 0.25) is 6.10 Å². The second kappa shape index (κ2) is 5.99. The Morgan fingerprint density at radius 1 is 1.62 bits per heavy atom. The first kappa shape index (κ1) is 15.7. The maximum atomic E-state index is 13.8. The second-order valence-corrected chi connectivity index (χ2v) is 5.87. The zero-order valence-electron chi connectivity index (χ0n) is 11.7. The van der Waals surface area contributed by atoms with Crippen molar-refractivity contribution in [1.82, 2.24) is 5.32 Å². The molecule has 7 heteroatoms. The highest BCUT2D eigenvalue weighted by Crippen LogP contribution is 2.25. The van der Waals surface area contributed by atoms with E-state index in [1.54, 1.807) is 19.9 Å². The highest BCUT2D eigenvalue weighted by Gasteiger charge is 2.33. The summed E-state index contributed by atoms with van der Waals surface area (Å²) in [5.74, 6) is -0.929. The van der Waals surface area contributed by atoms with E-state index in [-0.39, 0.29) is 23.6 Å². The third-order valence-corrected chi connectivity index (χ3v) is 3.38. The minimum atomic E-state index is -0.860. The van der Waals surface area contributed by atoms with Crippen molar-refractivity contribution >= 4 is 23.2 Å². The molecule has 1 heterocycles. The Balaban J connectivity index is 2.08. The zero-order valence-corrected chi connectivity index (χ0v) is 12.4. The number of carbonyl (C=O) groups is 1. The van der Waals surface area contributed by atoms with Gasteiger partial charge in [0.25, 0.3) is 5.91 Å². The highest BCUT2D eigenvalue weighted by atomic mass is 35.5. The molecule has 21 heavy (non-hydrogen) atoms. The van der Waals surface area contributed by atoms with E-state index < -0.39 is 23.4 Å². The molecule has 1 atom stereocenters. The molecule has 1 aliphatic heterocycles. The molecule has 1 aromatic carbocycles. The molecule has 1 aliphatic rings. The smallest absolute Gasteiger partial charge is 0.264 e. The summed E-state index contributed by atoms with van der Waals surface area (Å²) in [7, 11) is 0. The lowest BCUT2D eigenvalue weighted by Gasteiger charge is -2.24. The first-order chi connectivity index (χ1) is 9.84. The summed E-state index contributed by atoms with van der Waals surface area (Å²) >= 11 is 5.96. The topological polar surface area (TPSA) is 70.9 Å². The Hall–Kier alpha value is -1.66. The summed E-state index contributed by atoms with van der Waals surface area (Å²) in [4.78, 5) is 17.1. The molecule has 2 rings (SSSR count). The number of benzene rings is 1. The minimum Gasteiger partial charge on any atom is -0.394 e. The van der Waals surface area contributed by atoms with E-state index in [1.165, 1.54) is 12.1 Å². The van der Waals surface area contributed by atoms with Crippen molar-refractivity contribution in [1.29, 1.82) is 0 Å². The molecule has 0 spiro atoms. The van der Waals surface area contributed by atoms with Crippen LogP contribution in [0, 0.1) is 5.82 Å². The van der Waals surface area contributed by atoms with Gasteiger partial charge in [0.1, 0.15) is 5.82 Å². The molecule has 1 amide bonds. The number of rotatable bonds is 4. The molecule has 5 nitrogen and oxygen atoms in total. The molecule has 0 unspecified atom stereocenters. The van der Waals surface area contributed by atoms with Crippen LogP contribution in [0.1, 0.15) is 25.8 Å². The van der Waals surface area contributed by atoms with Crippen molar-refractivity contribution in [2.75, 3.05) is 6.61 Å². The van der Waals surface area contributed by atoms with Crippen LogP contribution in [0.15, 0.2) is 23.4 Å². The van der Waals surface area contributed by atoms with Crippen molar-refractivity contribution in [2.45, 2.75) is 31.9 Å². The van der Waals surface area contributed by atoms with Gasteiger partial charge < -0.3 is 15.3 Å². The van der Waals surface area contributed by atoms with Crippen molar-refractivity contribution in [3.05, 3.63) is 34.6 Å². The number of amides is 1. The van der Waals surface area contributed by atoms with Crippen LogP contribution in [0.25, 0.3) is 0 Å². The van der Waals surface area contributed by atoms with Crippen LogP contribution >= 0.6 is 11.6 Å². The van der Waals surface area contributed by atoms with Gasteiger partial charge in [-0.3, -0.25) is 4.79 Å². The summed E-state index contributed by atoms with van der Waals surface area (Å²) in [5.41, 5.74) is -0.324. The van der Waals surface area contributed by atoms with Gasteiger partial charge in [-0.25, -0.2) is 4.39 Å². The van der Waals surface area contributed by atoms with Gasteiger partial charge in [-0.15, -0.1) is 0 Å². The third-order valence-electron chi connectivity index (χ3n) is 3.07. The number of aliphatic hydroxyl groups excluding tert-OH is 1. The fourth-order valence-electron chi connectivity index (χ4n) is 1.89. The lowest BCUT2D eigenvalue weighted by molar-refractivity contribution is -0.133. The molecule has 114 valence electrons. The molecular weight excluding hydrogens is 299 g/mol. The molecular formula is C14H16ClFN2O3. The number of aliphatic hydroxyl groups is 1. The fraction of sp³-hybridized carbons (Fsp3) is 0.429. The number of hydrogen-bond acceptors (Lipinski definition) is 4. The Kier molecular flexibility index (Phi) is 4.49. The first-order valence-electron chi connectivity index (χ1n) is 6.44. The average Bonchev–Trinajstić information content (AvgIpc) is 2.87. The average molecular weight is 315 g/mol. The monoisotopic (exact) mass is 314 g/mol. The molecule has 0 fully saturated rings. The second-order valence-electron chi connectivity index (χ2n) is 5.46. The number of carbonyl (C=O) groups excluding carboxylic acids is 1. The summed E-state index contributed by atoms with van der Waals surface area (Å²) in [6.07, 6.45) is -0.741. The zero-order chi connectivity index (χ0) is 15.6. The highest BCUT2D eigenvalue weighted by molar-refractivity contribution is 6.34. The number of oxime groups is 1. The Morgan fingerprint density at radius 3 is 2.95 bits per heavy atom. The van der Waals surface area contributed by atoms with Crippen LogP contribution in [0.5, 0.6) is 0 Å². The summed E-state index contributed by atoms with van der Waals surface area (Å²) in [6, 6.07) is 4.31. The van der Waals surface area contributed by atoms with Crippen LogP contribution in [-0.2, 0) is 9.63 Å². The lowest BCUT2D eigenvalue weighted by Crippen LogP contribution is -2.50. The van der Waals surface area contributed by atoms with Gasteiger partial charge in [-0.05, 0) is 26.0 Å². The van der Waals surface area contributed by atoms with E-state index in [4.69, 9.17) is 21.5 Å². The summed E-state index contributed by atoms with van der Waals surface area (Å²) in [6.45, 7) is 3.14. The standard InChI is InChI=1S/C14H16ClFN2O3/c1-14(2,7-19)17-13(20)11-6-10(18-21-11)12-8(15)4-3-5-9(12)16/h3-5,11,19H,6-7H2,1-2H3,(H,17,20)/t11-/m0/s1. The maximum Gasteiger partial charge on any atom is 0.264 e. The van der Waals surface area contributed by atoms with Gasteiger partial charge in [-0.2, -0.15) is 0 Å². The molecule has 2 N–H and O–H groups in total. The van der Waals surface area contributed by atoms with Gasteiger partial charge in [0.05, 0.1) is 28.4 Å². The van der Waals surface area contributed by atoms with Gasteiger partial charge in [0.15, 0.2) is 0 Å². The van der Waals surface area contributed by atoms with Crippen molar-refractivity contribution < 1.29 is 19.1 Å². The van der Waals surface area contributed by atoms with E-state index in [0.29, 0.717) is 5.71 Å². The minimum absolute atomic E-state index is 0.119. The van der Waals surface area contributed by atoms with E-state index in [9.17, 15) is 9.18 Å². The van der Waals surface area contributed by atoms with Crippen molar-refractivity contribution in [2.24, 2.45) is 5.16 Å². The third kappa shape index (κ3) is 3.51. The van der Waals surface area contributed by atoms with Crippen molar-refractivity contribution in [3.63, 3.8) is 0 Å². The van der Waals surface area contributed by atoms with Crippen LogP contribution in [0.3, 0.4) is 0 Å². The summed E-state index contributed by atoms with van der Waals surface area (Å²) in [5, 5.41) is 15.7. The van der Waals surface area contributed by atoms with Crippen LogP contribution in [-0.4, -0.2) is 35.0 Å². The fourth-order valence-corrected chi connectivity index (χ4v) is 2.16. The predicted molar refractivity (Wildman–Crippen MR) is 76.7 cm³/mol. The Morgan fingerprint density at radius 2 is 2.33 bits per heavy atom. The molecule has 0 bridgehead atoms. The predicted octanol–water partition coefficient (Wildman–Crippen LogP) is 1.86. The van der Waals surface area contributed by atoms with E-state index >= 15 is 0 Å². The van der Waals surface area contributed by atoms with E-state index in [0.717, 1.165) is 0 Å². The normalized spacial score (nSPS) is 18.1. The Bertz CT molecular complexity index is 569. The summed E-state index contributed by atoms with van der Waals surface area (Å²) < 4.78 is 13.8. The SMILES string of the molecule is CC(C)(CO)NC(=O)[C@@H]1CC(c2c(F)cccc2Cl)=NO1. The Labute approximate surface area is 126 Å². The van der Waals surface area contributed by atoms with Crippen LogP contribution in [0.2, 0.25) is 5.02 Å². The van der Waals surface area contributed by atoms with E-state index in [2.05, 4.69) is 10.5 Å². The maximum absolute atomic E-state index is 13.8. The van der Waals surface area contributed by atoms with Crippen molar-refractivity contribution in [3.8, 4) is 0 Å². The lowest BCUT2D eigenvalue weighted by atomic mass is 10.0. The van der Waals surface area contributed by atoms with Gasteiger partial charge in [0, 0.05) is 6.42 Å². The number of halogens is 2. The van der Waals surface area contributed by atoms with Gasteiger partial charge in [-0.1, -0.05) is 22.8 Å². The molecule has 0 radical (unpaired) electrons. The molecule has 0 aromatic heterocycles. The number of nitrogens with zero attached hydrogens (tertiary/aromatic N) is 1. The number of hydrogen-bond donors (Lipinski definition) is 2. The molecule has 0 aliphatic carbocycles. The van der Waals surface area contributed by atoms with Crippen LogP contribution in [0.4, 0.5) is 4.39 Å².